The van der Waals surface area contributed by atoms with Crippen LogP contribution >= 0.6 is 11.6 Å². The van der Waals surface area contributed by atoms with Crippen molar-refractivity contribution in [3.63, 3.8) is 0 Å². The predicted octanol–water partition coefficient (Wildman–Crippen LogP) is 5.66. The Bertz CT molecular complexity index is 1440. The average Bonchev–Trinajstić information content (AvgIpc) is 3.34. The fourth-order valence-corrected chi connectivity index (χ4v) is 4.74. The van der Waals surface area contributed by atoms with Crippen molar-refractivity contribution in [1.82, 2.24) is 14.5 Å². The molecule has 2 N–H and O–H groups in total. The summed E-state index contributed by atoms with van der Waals surface area (Å²) in [6, 6.07) is 9.67. The summed E-state index contributed by atoms with van der Waals surface area (Å²) < 4.78 is 46.5. The Balaban J connectivity index is 2.04. The van der Waals surface area contributed by atoms with Gasteiger partial charge in [-0.25, -0.2) is 4.98 Å². The van der Waals surface area contributed by atoms with Crippen LogP contribution in [0.2, 0.25) is 5.02 Å². The van der Waals surface area contributed by atoms with Crippen LogP contribution < -0.4 is 10.5 Å². The van der Waals surface area contributed by atoms with Gasteiger partial charge >= 0.3 is 6.18 Å². The number of aromatic nitrogens is 2. The van der Waals surface area contributed by atoms with Gasteiger partial charge in [0, 0.05) is 51.3 Å². The van der Waals surface area contributed by atoms with Crippen LogP contribution in [0.1, 0.15) is 65.2 Å². The monoisotopic (exact) mass is 592 g/mol. The summed E-state index contributed by atoms with van der Waals surface area (Å²) in [7, 11) is 3.14. The number of amides is 2. The van der Waals surface area contributed by atoms with Crippen molar-refractivity contribution in [1.29, 1.82) is 0 Å². The van der Waals surface area contributed by atoms with Crippen molar-refractivity contribution in [3.8, 4) is 17.0 Å². The molecule has 0 aliphatic carbocycles. The molecular weight excluding hydrogens is 561 g/mol. The number of imidazole rings is 1. The van der Waals surface area contributed by atoms with E-state index in [0.29, 0.717) is 18.1 Å². The molecule has 0 bridgehead atoms. The van der Waals surface area contributed by atoms with Crippen LogP contribution in [0.15, 0.2) is 42.6 Å². The number of alkyl halides is 3. The first-order valence-corrected chi connectivity index (χ1v) is 13.2. The van der Waals surface area contributed by atoms with Crippen LogP contribution in [0.4, 0.5) is 13.2 Å². The van der Waals surface area contributed by atoms with Crippen LogP contribution in [-0.4, -0.2) is 58.4 Å². The van der Waals surface area contributed by atoms with E-state index in [1.165, 1.54) is 24.0 Å². The van der Waals surface area contributed by atoms with Crippen molar-refractivity contribution >= 4 is 29.2 Å². The molecule has 3 rings (SSSR count). The van der Waals surface area contributed by atoms with Gasteiger partial charge in [0.2, 0.25) is 11.8 Å². The van der Waals surface area contributed by atoms with Crippen LogP contribution in [0.25, 0.3) is 11.3 Å². The van der Waals surface area contributed by atoms with Gasteiger partial charge in [0.15, 0.2) is 17.7 Å². The van der Waals surface area contributed by atoms with E-state index >= 15 is 0 Å². The number of hydrogen-bond acceptors (Lipinski definition) is 5. The summed E-state index contributed by atoms with van der Waals surface area (Å²) in [6.07, 6.45) is -4.92. The first kappa shape index (κ1) is 31.7. The third-order valence-electron chi connectivity index (χ3n) is 6.67. The third-order valence-corrected chi connectivity index (χ3v) is 7.06. The summed E-state index contributed by atoms with van der Waals surface area (Å²) >= 11 is 6.57. The van der Waals surface area contributed by atoms with Gasteiger partial charge in [-0.3, -0.25) is 14.4 Å². The van der Waals surface area contributed by atoms with Crippen molar-refractivity contribution in [2.45, 2.75) is 58.4 Å². The largest absolute Gasteiger partial charge is 0.480 e. The Morgan fingerprint density at radius 3 is 2.24 bits per heavy atom. The molecule has 0 aliphatic rings. The molecule has 2 unspecified atom stereocenters. The first-order chi connectivity index (χ1) is 19.1. The number of hydrogen-bond donors (Lipinski definition) is 1. The highest BCUT2D eigenvalue weighted by molar-refractivity contribution is 6.33. The molecule has 1 aromatic heterocycles. The van der Waals surface area contributed by atoms with Gasteiger partial charge in [-0.1, -0.05) is 35.9 Å². The quantitative estimate of drug-likeness (QED) is 0.289. The molecule has 0 fully saturated rings. The predicted molar refractivity (Wildman–Crippen MR) is 149 cm³/mol. The SMILES string of the molecule is CCn1cc(-c2ccc(CC(CC(=O)N(C)C)c3c(C(N)=O)ccc(OC(C)C(F)(F)F)c3Cl)cc2)nc1C(C)=O. The number of nitrogens with two attached hydrogens (primary N) is 1. The summed E-state index contributed by atoms with van der Waals surface area (Å²) in [5, 5.41) is -0.215. The number of nitrogens with zero attached hydrogens (tertiary/aromatic N) is 3. The van der Waals surface area contributed by atoms with Gasteiger partial charge in [-0.15, -0.1) is 0 Å². The molecule has 0 saturated heterocycles. The molecule has 0 spiro atoms. The van der Waals surface area contributed by atoms with Gasteiger partial charge in [-0.2, -0.15) is 13.2 Å². The Kier molecular flexibility index (Phi) is 9.85. The number of carbonyl (C=O) groups excluding carboxylic acids is 3. The van der Waals surface area contributed by atoms with Gasteiger partial charge in [-0.05, 0) is 49.4 Å². The summed E-state index contributed by atoms with van der Waals surface area (Å²) in [4.78, 5) is 42.9. The molecule has 1 heterocycles. The molecule has 12 heteroatoms. The van der Waals surface area contributed by atoms with E-state index in [-0.39, 0.29) is 46.4 Å². The maximum atomic E-state index is 13.2. The minimum absolute atomic E-state index is 0.0166. The standard InChI is InChI=1S/C29H32ClF3N4O4/c1-6-37-15-22(35-28(37)16(2)38)19-9-7-18(8-10-19)13-20(14-24(39)36(4)5)25-21(27(34)40)11-12-23(26(25)30)41-17(3)29(31,32)33/h7-12,15,17,20H,6,13-14H2,1-5H3,(H2,34,40). The number of halogens is 4. The van der Waals surface area contributed by atoms with Gasteiger partial charge in [0.25, 0.3) is 0 Å². The lowest BCUT2D eigenvalue weighted by Gasteiger charge is -2.25. The number of rotatable bonds is 11. The highest BCUT2D eigenvalue weighted by atomic mass is 35.5. The minimum Gasteiger partial charge on any atom is -0.480 e. The molecule has 220 valence electrons. The normalized spacial score (nSPS) is 13.0. The van der Waals surface area contributed by atoms with Crippen molar-refractivity contribution in [3.05, 3.63) is 70.1 Å². The number of Topliss-reactive ketones (excluding diaryl/α,β-unsaturated/α-hetero) is 1. The number of carbonyl (C=O) groups is 3. The lowest BCUT2D eigenvalue weighted by molar-refractivity contribution is -0.189. The third kappa shape index (κ3) is 7.46. The highest BCUT2D eigenvalue weighted by Crippen LogP contribution is 2.40. The summed E-state index contributed by atoms with van der Waals surface area (Å²) in [5.74, 6) is -1.93. The van der Waals surface area contributed by atoms with E-state index < -0.39 is 24.1 Å². The smallest absolute Gasteiger partial charge is 0.425 e. The van der Waals surface area contributed by atoms with Crippen LogP contribution in [-0.2, 0) is 17.8 Å². The fourth-order valence-electron chi connectivity index (χ4n) is 4.38. The number of ether oxygens (including phenoxy) is 1. The first-order valence-electron chi connectivity index (χ1n) is 12.9. The number of ketones is 1. The minimum atomic E-state index is -4.65. The van der Waals surface area contributed by atoms with Gasteiger partial charge < -0.3 is 19.9 Å². The Labute approximate surface area is 241 Å². The molecule has 0 radical (unpaired) electrons. The van der Waals surface area contributed by atoms with Crippen molar-refractivity contribution < 1.29 is 32.3 Å². The summed E-state index contributed by atoms with van der Waals surface area (Å²) in [6.45, 7) is 4.78. The molecule has 0 aliphatic heterocycles. The average molecular weight is 593 g/mol. The van der Waals surface area contributed by atoms with Gasteiger partial charge in [0.1, 0.15) is 5.75 Å². The van der Waals surface area contributed by atoms with Crippen LogP contribution in [0.3, 0.4) is 0 Å². The molecular formula is C29H32ClF3N4O4. The van der Waals surface area contributed by atoms with E-state index in [4.69, 9.17) is 22.1 Å². The fraction of sp³-hybridized carbons (Fsp3) is 0.379. The molecule has 2 atom stereocenters. The van der Waals surface area contributed by atoms with E-state index in [1.54, 1.807) is 24.9 Å². The Morgan fingerprint density at radius 1 is 1.12 bits per heavy atom. The number of primary amides is 1. The maximum absolute atomic E-state index is 13.2. The van der Waals surface area contributed by atoms with E-state index in [2.05, 4.69) is 4.98 Å². The van der Waals surface area contributed by atoms with E-state index in [9.17, 15) is 27.6 Å². The molecule has 3 aromatic rings. The summed E-state index contributed by atoms with van der Waals surface area (Å²) in [5.41, 5.74) is 7.87. The molecule has 2 amide bonds. The maximum Gasteiger partial charge on any atom is 0.425 e. The molecule has 2 aromatic carbocycles. The zero-order valence-electron chi connectivity index (χ0n) is 23.4. The van der Waals surface area contributed by atoms with Crippen molar-refractivity contribution in [2.24, 2.45) is 5.73 Å². The van der Waals surface area contributed by atoms with E-state index in [1.807, 2.05) is 31.2 Å². The molecule has 41 heavy (non-hydrogen) atoms. The van der Waals surface area contributed by atoms with Crippen LogP contribution in [0.5, 0.6) is 5.75 Å². The van der Waals surface area contributed by atoms with Crippen molar-refractivity contribution in [2.75, 3.05) is 14.1 Å². The number of benzene rings is 2. The number of aryl methyl sites for hydroxylation is 1. The molecule has 8 nitrogen and oxygen atoms in total. The Morgan fingerprint density at radius 2 is 1.76 bits per heavy atom. The zero-order chi connectivity index (χ0) is 30.6. The lowest BCUT2D eigenvalue weighted by atomic mass is 9.85. The second kappa shape index (κ2) is 12.8. The van der Waals surface area contributed by atoms with E-state index in [0.717, 1.165) is 18.1 Å². The topological polar surface area (TPSA) is 108 Å². The highest BCUT2D eigenvalue weighted by Gasteiger charge is 2.39. The second-order valence-electron chi connectivity index (χ2n) is 9.89. The Hall–Kier alpha value is -3.86. The van der Waals surface area contributed by atoms with Gasteiger partial charge in [0.05, 0.1) is 10.7 Å². The lowest BCUT2D eigenvalue weighted by Crippen LogP contribution is -2.31. The zero-order valence-corrected chi connectivity index (χ0v) is 24.1. The molecule has 0 saturated carbocycles. The second-order valence-corrected chi connectivity index (χ2v) is 10.3. The van der Waals surface area contributed by atoms with Crippen LogP contribution in [0, 0.1) is 0 Å².